The predicted molar refractivity (Wildman–Crippen MR) is 150 cm³/mol. The van der Waals surface area contributed by atoms with Crippen molar-refractivity contribution < 1.29 is 14.0 Å². The number of hydrogen-bond acceptors (Lipinski definition) is 6. The highest BCUT2D eigenvalue weighted by atomic mass is 35.5. The molecule has 8 nitrogen and oxygen atoms in total. The fraction of sp³-hybridized carbons (Fsp3) is 0.310. The summed E-state index contributed by atoms with van der Waals surface area (Å²) in [7, 11) is 0. The summed E-state index contributed by atoms with van der Waals surface area (Å²) >= 11 is 0. The van der Waals surface area contributed by atoms with Gasteiger partial charge in [0, 0.05) is 5.54 Å². The second-order valence-corrected chi connectivity index (χ2v) is 9.93. The second kappa shape index (κ2) is 12.2. The van der Waals surface area contributed by atoms with E-state index < -0.39 is 11.4 Å². The number of aromatic nitrogens is 2. The van der Waals surface area contributed by atoms with Gasteiger partial charge in [0.1, 0.15) is 18.1 Å². The minimum Gasteiger partial charge on any atom is -0.494 e. The maximum Gasteiger partial charge on any atom is 0.440 e. The first-order valence-corrected chi connectivity index (χ1v) is 12.2. The molecule has 38 heavy (non-hydrogen) atoms. The first kappa shape index (κ1) is 28.8. The van der Waals surface area contributed by atoms with Crippen molar-refractivity contribution in [3.63, 3.8) is 0 Å². The standard InChI is InChI=1S/C29H33N3O5.ClH/c1-19-16-24(35-15-14-29(3,4)30)12-13-25(19)26-7-5-6-22(20(26)2)18-36-23-10-8-21(9-11-23)17-32-27(33)31-28(34)37-32;/h5-13,16H,14-15,17-18,30H2,1-4H3,(H,31,33,34);1H. The van der Waals surface area contributed by atoms with Crippen LogP contribution in [-0.4, -0.2) is 21.9 Å². The van der Waals surface area contributed by atoms with Crippen LogP contribution in [0.4, 0.5) is 0 Å². The molecule has 4 aromatic rings. The Morgan fingerprint density at radius 2 is 1.66 bits per heavy atom. The Hall–Kier alpha value is -3.75. The summed E-state index contributed by atoms with van der Waals surface area (Å²) in [6.07, 6.45) is 0.780. The number of nitrogens with one attached hydrogen (secondary N) is 1. The number of halogens is 1. The predicted octanol–water partition coefficient (Wildman–Crippen LogP) is 4.97. The van der Waals surface area contributed by atoms with Crippen molar-refractivity contribution in [3.8, 4) is 22.6 Å². The Morgan fingerprint density at radius 3 is 2.29 bits per heavy atom. The molecule has 0 aliphatic rings. The summed E-state index contributed by atoms with van der Waals surface area (Å²) in [5.41, 5.74) is 11.7. The number of H-pyrrole nitrogens is 1. The minimum atomic E-state index is -0.770. The van der Waals surface area contributed by atoms with Crippen LogP contribution >= 0.6 is 12.4 Å². The van der Waals surface area contributed by atoms with Gasteiger partial charge in [-0.05, 0) is 91.8 Å². The summed E-state index contributed by atoms with van der Waals surface area (Å²) in [5.74, 6) is 0.776. The third-order valence-corrected chi connectivity index (χ3v) is 6.22. The Morgan fingerprint density at radius 1 is 0.947 bits per heavy atom. The van der Waals surface area contributed by atoms with Gasteiger partial charge in [-0.2, -0.15) is 0 Å². The molecule has 0 fully saturated rings. The third kappa shape index (κ3) is 7.40. The van der Waals surface area contributed by atoms with Crippen molar-refractivity contribution in [1.82, 2.24) is 9.72 Å². The lowest BCUT2D eigenvalue weighted by molar-refractivity contribution is 0.258. The van der Waals surface area contributed by atoms with Crippen LogP contribution in [0.15, 0.2) is 74.8 Å². The zero-order valence-electron chi connectivity index (χ0n) is 22.1. The molecule has 0 atom stereocenters. The van der Waals surface area contributed by atoms with Crippen LogP contribution in [0.2, 0.25) is 0 Å². The van der Waals surface area contributed by atoms with E-state index in [2.05, 4.69) is 43.1 Å². The van der Waals surface area contributed by atoms with Crippen LogP contribution in [0.1, 0.15) is 42.5 Å². The monoisotopic (exact) mass is 539 g/mol. The molecule has 9 heteroatoms. The van der Waals surface area contributed by atoms with Gasteiger partial charge in [0.05, 0.1) is 13.2 Å². The number of ether oxygens (including phenoxy) is 2. The van der Waals surface area contributed by atoms with Gasteiger partial charge in [-0.3, -0.25) is 0 Å². The van der Waals surface area contributed by atoms with Gasteiger partial charge in [0.15, 0.2) is 0 Å². The molecule has 3 N–H and O–H groups in total. The third-order valence-electron chi connectivity index (χ3n) is 6.22. The molecule has 0 unspecified atom stereocenters. The highest BCUT2D eigenvalue weighted by Gasteiger charge is 2.13. The number of aromatic amines is 1. The summed E-state index contributed by atoms with van der Waals surface area (Å²) < 4.78 is 17.7. The van der Waals surface area contributed by atoms with Crippen molar-refractivity contribution in [3.05, 3.63) is 104 Å². The average Bonchev–Trinajstić information content (AvgIpc) is 3.15. The van der Waals surface area contributed by atoms with E-state index in [0.29, 0.717) is 19.0 Å². The van der Waals surface area contributed by atoms with Crippen LogP contribution in [0, 0.1) is 13.8 Å². The van der Waals surface area contributed by atoms with Crippen LogP contribution in [0.3, 0.4) is 0 Å². The Labute approximate surface area is 227 Å². The molecule has 0 amide bonds. The van der Waals surface area contributed by atoms with Crippen LogP contribution in [0.25, 0.3) is 11.1 Å². The van der Waals surface area contributed by atoms with E-state index in [4.69, 9.17) is 19.7 Å². The molecule has 0 saturated heterocycles. The first-order chi connectivity index (χ1) is 17.6. The zero-order valence-corrected chi connectivity index (χ0v) is 22.9. The van der Waals surface area contributed by atoms with Gasteiger partial charge in [-0.1, -0.05) is 36.4 Å². The van der Waals surface area contributed by atoms with E-state index in [1.54, 1.807) is 0 Å². The lowest BCUT2D eigenvalue weighted by atomic mass is 9.93. The van der Waals surface area contributed by atoms with Gasteiger partial charge in [-0.15, -0.1) is 17.1 Å². The molecular weight excluding hydrogens is 506 g/mol. The van der Waals surface area contributed by atoms with Crippen LogP contribution < -0.4 is 26.7 Å². The molecule has 3 aromatic carbocycles. The smallest absolute Gasteiger partial charge is 0.440 e. The number of hydrogen-bond donors (Lipinski definition) is 2. The van der Waals surface area contributed by atoms with Gasteiger partial charge >= 0.3 is 11.4 Å². The first-order valence-electron chi connectivity index (χ1n) is 12.2. The van der Waals surface area contributed by atoms with E-state index in [0.717, 1.165) is 50.3 Å². The zero-order chi connectivity index (χ0) is 26.6. The number of aryl methyl sites for hydroxylation is 1. The average molecular weight is 540 g/mol. The molecular formula is C29H34ClN3O5. The summed E-state index contributed by atoms with van der Waals surface area (Å²) in [6.45, 7) is 9.34. The second-order valence-electron chi connectivity index (χ2n) is 9.93. The number of nitrogens with two attached hydrogens (primary N) is 1. The molecule has 0 saturated carbocycles. The number of benzene rings is 3. The summed E-state index contributed by atoms with van der Waals surface area (Å²) in [6, 6.07) is 19.7. The Bertz CT molecular complexity index is 1480. The maximum absolute atomic E-state index is 11.6. The molecule has 0 aliphatic carbocycles. The van der Waals surface area contributed by atoms with Gasteiger partial charge in [0.2, 0.25) is 0 Å². The van der Waals surface area contributed by atoms with Gasteiger partial charge in [0.25, 0.3) is 0 Å². The molecule has 1 aromatic heterocycles. The molecule has 202 valence electrons. The molecule has 0 radical (unpaired) electrons. The highest BCUT2D eigenvalue weighted by molar-refractivity contribution is 5.85. The van der Waals surface area contributed by atoms with E-state index >= 15 is 0 Å². The van der Waals surface area contributed by atoms with Crippen LogP contribution in [0.5, 0.6) is 11.5 Å². The van der Waals surface area contributed by atoms with E-state index in [-0.39, 0.29) is 24.5 Å². The van der Waals surface area contributed by atoms with Crippen molar-refractivity contribution in [2.24, 2.45) is 5.73 Å². The quantitative estimate of drug-likeness (QED) is 0.294. The maximum atomic E-state index is 11.6. The van der Waals surface area contributed by atoms with Crippen LogP contribution in [-0.2, 0) is 13.2 Å². The molecule has 0 spiro atoms. The van der Waals surface area contributed by atoms with Crippen molar-refractivity contribution in [2.75, 3.05) is 6.61 Å². The molecule has 0 bridgehead atoms. The largest absolute Gasteiger partial charge is 0.494 e. The lowest BCUT2D eigenvalue weighted by Crippen LogP contribution is -2.33. The SMILES string of the molecule is Cc1cc(OCCC(C)(C)N)ccc1-c1cccc(COc2ccc(Cn3oc(=O)[nH]c3=O)cc2)c1C.Cl. The van der Waals surface area contributed by atoms with Crippen molar-refractivity contribution in [2.45, 2.75) is 52.8 Å². The fourth-order valence-electron chi connectivity index (χ4n) is 4.03. The molecule has 0 aliphatic heterocycles. The minimum absolute atomic E-state index is 0. The van der Waals surface area contributed by atoms with E-state index in [9.17, 15) is 9.59 Å². The summed E-state index contributed by atoms with van der Waals surface area (Å²) in [5, 5.41) is 0. The van der Waals surface area contributed by atoms with Gasteiger partial charge in [-0.25, -0.2) is 14.6 Å². The Balaban J connectivity index is 0.00000400. The van der Waals surface area contributed by atoms with E-state index in [1.165, 1.54) is 0 Å². The van der Waals surface area contributed by atoms with Crippen molar-refractivity contribution in [1.29, 1.82) is 0 Å². The Kier molecular flexibility index (Phi) is 9.25. The number of rotatable bonds is 10. The number of nitrogens with zero attached hydrogens (tertiary/aromatic N) is 1. The van der Waals surface area contributed by atoms with E-state index in [1.807, 2.05) is 50.2 Å². The summed E-state index contributed by atoms with van der Waals surface area (Å²) in [4.78, 5) is 24.8. The fourth-order valence-corrected chi connectivity index (χ4v) is 4.03. The normalized spacial score (nSPS) is 11.2. The molecule has 4 rings (SSSR count). The topological polar surface area (TPSA) is 112 Å². The lowest BCUT2D eigenvalue weighted by Gasteiger charge is -2.19. The van der Waals surface area contributed by atoms with Crippen molar-refractivity contribution >= 4 is 12.4 Å². The highest BCUT2D eigenvalue weighted by Crippen LogP contribution is 2.31. The van der Waals surface area contributed by atoms with Gasteiger partial charge < -0.3 is 19.7 Å². The molecule has 1 heterocycles.